The standard InChI is InChI=1S/C15H24BrNO2/c1-3-7-18-8-9-19-15-6-5-12(11-14(15)16)10-13(17)4-2/h5-6,11,13H,3-4,7-10,17H2,1-2H3. The molecule has 0 aliphatic heterocycles. The molecule has 1 unspecified atom stereocenters. The van der Waals surface area contributed by atoms with Crippen LogP contribution >= 0.6 is 15.9 Å². The van der Waals surface area contributed by atoms with Crippen LogP contribution in [0, 0.1) is 0 Å². The molecular formula is C15H24BrNO2. The van der Waals surface area contributed by atoms with Crippen molar-refractivity contribution in [2.75, 3.05) is 19.8 Å². The number of nitrogens with two attached hydrogens (primary N) is 1. The summed E-state index contributed by atoms with van der Waals surface area (Å²) in [5.74, 6) is 0.855. The van der Waals surface area contributed by atoms with Crippen LogP contribution in [0.25, 0.3) is 0 Å². The third-order valence-corrected chi connectivity index (χ3v) is 3.47. The van der Waals surface area contributed by atoms with E-state index < -0.39 is 0 Å². The molecule has 1 rings (SSSR count). The van der Waals surface area contributed by atoms with E-state index in [1.807, 2.05) is 6.07 Å². The lowest BCUT2D eigenvalue weighted by Gasteiger charge is -2.12. The summed E-state index contributed by atoms with van der Waals surface area (Å²) < 4.78 is 12.0. The average Bonchev–Trinajstić information content (AvgIpc) is 2.40. The van der Waals surface area contributed by atoms with Gasteiger partial charge in [0.1, 0.15) is 12.4 Å². The van der Waals surface area contributed by atoms with Crippen LogP contribution < -0.4 is 10.5 Å². The molecule has 0 saturated carbocycles. The van der Waals surface area contributed by atoms with Crippen LogP contribution in [0.2, 0.25) is 0 Å². The Morgan fingerprint density at radius 3 is 2.63 bits per heavy atom. The summed E-state index contributed by atoms with van der Waals surface area (Å²) in [7, 11) is 0. The molecule has 2 N–H and O–H groups in total. The van der Waals surface area contributed by atoms with Crippen LogP contribution in [-0.4, -0.2) is 25.9 Å². The highest BCUT2D eigenvalue weighted by Crippen LogP contribution is 2.26. The number of benzene rings is 1. The monoisotopic (exact) mass is 329 g/mol. The largest absolute Gasteiger partial charge is 0.490 e. The second-order valence-corrected chi connectivity index (χ2v) is 5.45. The summed E-state index contributed by atoms with van der Waals surface area (Å²) in [6, 6.07) is 6.36. The van der Waals surface area contributed by atoms with E-state index in [9.17, 15) is 0 Å². The molecule has 0 amide bonds. The SMILES string of the molecule is CCCOCCOc1ccc(CC(N)CC)cc1Br. The Morgan fingerprint density at radius 1 is 1.21 bits per heavy atom. The molecule has 0 aromatic heterocycles. The van der Waals surface area contributed by atoms with Crippen molar-refractivity contribution in [1.82, 2.24) is 0 Å². The maximum atomic E-state index is 5.96. The summed E-state index contributed by atoms with van der Waals surface area (Å²) >= 11 is 3.54. The van der Waals surface area contributed by atoms with Crippen LogP contribution in [0.15, 0.2) is 22.7 Å². The van der Waals surface area contributed by atoms with Crippen molar-refractivity contribution in [2.45, 2.75) is 39.2 Å². The second-order valence-electron chi connectivity index (χ2n) is 4.60. The molecule has 0 bridgehead atoms. The molecule has 1 aromatic rings. The van der Waals surface area contributed by atoms with Crippen molar-refractivity contribution in [3.63, 3.8) is 0 Å². The molecule has 0 aliphatic carbocycles. The quantitative estimate of drug-likeness (QED) is 0.705. The van der Waals surface area contributed by atoms with Gasteiger partial charge in [-0.05, 0) is 52.9 Å². The van der Waals surface area contributed by atoms with Crippen molar-refractivity contribution < 1.29 is 9.47 Å². The Morgan fingerprint density at radius 2 is 2.00 bits per heavy atom. The number of hydrogen-bond acceptors (Lipinski definition) is 3. The Balaban J connectivity index is 2.43. The van der Waals surface area contributed by atoms with E-state index in [-0.39, 0.29) is 6.04 Å². The van der Waals surface area contributed by atoms with E-state index in [1.165, 1.54) is 5.56 Å². The van der Waals surface area contributed by atoms with Gasteiger partial charge < -0.3 is 15.2 Å². The van der Waals surface area contributed by atoms with Crippen molar-refractivity contribution in [3.05, 3.63) is 28.2 Å². The third-order valence-electron chi connectivity index (χ3n) is 2.85. The van der Waals surface area contributed by atoms with Crippen molar-refractivity contribution >= 4 is 15.9 Å². The minimum Gasteiger partial charge on any atom is -0.490 e. The maximum Gasteiger partial charge on any atom is 0.133 e. The molecule has 19 heavy (non-hydrogen) atoms. The van der Waals surface area contributed by atoms with Gasteiger partial charge in [-0.25, -0.2) is 0 Å². The molecule has 108 valence electrons. The van der Waals surface area contributed by atoms with Gasteiger partial charge in [0.05, 0.1) is 11.1 Å². The highest BCUT2D eigenvalue weighted by Gasteiger charge is 2.06. The Kier molecular flexibility index (Phi) is 8.10. The van der Waals surface area contributed by atoms with Crippen LogP contribution in [0.4, 0.5) is 0 Å². The summed E-state index contributed by atoms with van der Waals surface area (Å²) in [5.41, 5.74) is 7.19. The van der Waals surface area contributed by atoms with Crippen molar-refractivity contribution in [2.24, 2.45) is 5.73 Å². The van der Waals surface area contributed by atoms with Gasteiger partial charge in [0.2, 0.25) is 0 Å². The van der Waals surface area contributed by atoms with E-state index in [4.69, 9.17) is 15.2 Å². The third kappa shape index (κ3) is 6.41. The smallest absolute Gasteiger partial charge is 0.133 e. The van der Waals surface area contributed by atoms with Crippen LogP contribution in [0.3, 0.4) is 0 Å². The first-order valence-corrected chi connectivity index (χ1v) is 7.71. The summed E-state index contributed by atoms with van der Waals surface area (Å²) in [6.45, 7) is 6.19. The van der Waals surface area contributed by atoms with Gasteiger partial charge in [0, 0.05) is 12.6 Å². The fourth-order valence-electron chi connectivity index (χ4n) is 1.69. The molecule has 0 fully saturated rings. The minimum atomic E-state index is 0.223. The van der Waals surface area contributed by atoms with E-state index in [1.54, 1.807) is 0 Å². The van der Waals surface area contributed by atoms with Gasteiger partial charge in [-0.2, -0.15) is 0 Å². The van der Waals surface area contributed by atoms with Gasteiger partial charge in [0.25, 0.3) is 0 Å². The number of rotatable bonds is 9. The molecule has 4 heteroatoms. The Hall–Kier alpha value is -0.580. The van der Waals surface area contributed by atoms with E-state index in [0.29, 0.717) is 13.2 Å². The lowest BCUT2D eigenvalue weighted by Crippen LogP contribution is -2.21. The second kappa shape index (κ2) is 9.34. The first-order chi connectivity index (χ1) is 9.17. The van der Waals surface area contributed by atoms with E-state index in [2.05, 4.69) is 41.9 Å². The molecule has 0 radical (unpaired) electrons. The fraction of sp³-hybridized carbons (Fsp3) is 0.600. The zero-order valence-corrected chi connectivity index (χ0v) is 13.4. The zero-order chi connectivity index (χ0) is 14.1. The van der Waals surface area contributed by atoms with Crippen molar-refractivity contribution in [3.8, 4) is 5.75 Å². The molecule has 3 nitrogen and oxygen atoms in total. The number of hydrogen-bond donors (Lipinski definition) is 1. The molecule has 1 atom stereocenters. The normalized spacial score (nSPS) is 12.4. The Labute approximate surface area is 124 Å². The Bertz CT molecular complexity index is 371. The molecule has 0 aliphatic rings. The predicted molar refractivity (Wildman–Crippen MR) is 82.7 cm³/mol. The molecule has 0 spiro atoms. The van der Waals surface area contributed by atoms with Crippen LogP contribution in [-0.2, 0) is 11.2 Å². The summed E-state index contributed by atoms with van der Waals surface area (Å²) in [5, 5.41) is 0. The van der Waals surface area contributed by atoms with Gasteiger partial charge in [-0.15, -0.1) is 0 Å². The van der Waals surface area contributed by atoms with E-state index >= 15 is 0 Å². The first kappa shape index (κ1) is 16.5. The minimum absolute atomic E-state index is 0.223. The van der Waals surface area contributed by atoms with Gasteiger partial charge in [-0.3, -0.25) is 0 Å². The lowest BCUT2D eigenvalue weighted by atomic mass is 10.0. The first-order valence-electron chi connectivity index (χ1n) is 6.91. The lowest BCUT2D eigenvalue weighted by molar-refractivity contribution is 0.100. The molecule has 1 aromatic carbocycles. The molecule has 0 heterocycles. The van der Waals surface area contributed by atoms with Gasteiger partial charge in [0.15, 0.2) is 0 Å². The molecule has 0 saturated heterocycles. The summed E-state index contributed by atoms with van der Waals surface area (Å²) in [6.07, 6.45) is 2.93. The highest BCUT2D eigenvalue weighted by molar-refractivity contribution is 9.10. The van der Waals surface area contributed by atoms with E-state index in [0.717, 1.165) is 36.1 Å². The summed E-state index contributed by atoms with van der Waals surface area (Å²) in [4.78, 5) is 0. The predicted octanol–water partition coefficient (Wildman–Crippen LogP) is 3.53. The fourth-order valence-corrected chi connectivity index (χ4v) is 2.23. The van der Waals surface area contributed by atoms with Crippen LogP contribution in [0.5, 0.6) is 5.75 Å². The van der Waals surface area contributed by atoms with Crippen molar-refractivity contribution in [1.29, 1.82) is 0 Å². The maximum absolute atomic E-state index is 5.96. The van der Waals surface area contributed by atoms with Gasteiger partial charge in [-0.1, -0.05) is 19.9 Å². The highest BCUT2D eigenvalue weighted by atomic mass is 79.9. The zero-order valence-electron chi connectivity index (χ0n) is 11.8. The topological polar surface area (TPSA) is 44.5 Å². The van der Waals surface area contributed by atoms with Gasteiger partial charge >= 0.3 is 0 Å². The number of ether oxygens (including phenoxy) is 2. The average molecular weight is 330 g/mol. The number of halogens is 1. The van der Waals surface area contributed by atoms with Crippen LogP contribution in [0.1, 0.15) is 32.3 Å². The molecular weight excluding hydrogens is 306 g/mol.